The van der Waals surface area contributed by atoms with Crippen molar-refractivity contribution in [1.82, 2.24) is 4.98 Å². The van der Waals surface area contributed by atoms with Crippen LogP contribution in [0.2, 0.25) is 5.15 Å². The molecule has 0 aliphatic rings. The molecule has 0 bridgehead atoms. The molecule has 0 fully saturated rings. The Morgan fingerprint density at radius 3 is 2.86 bits per heavy atom. The Morgan fingerprint density at radius 2 is 2.14 bits per heavy atom. The fourth-order valence-corrected chi connectivity index (χ4v) is 2.22. The maximum Gasteiger partial charge on any atom is 0.258 e. The molecule has 0 saturated carbocycles. The van der Waals surface area contributed by atoms with Gasteiger partial charge in [-0.2, -0.15) is 0 Å². The lowest BCUT2D eigenvalue weighted by molar-refractivity contribution is 0.102. The van der Waals surface area contributed by atoms with E-state index < -0.39 is 11.7 Å². The second-order valence-corrected chi connectivity index (χ2v) is 5.20. The average Bonchev–Trinajstić information content (AvgIpc) is 2.49. The molecule has 2 rings (SSSR count). The second-order valence-electron chi connectivity index (χ2n) is 4.84. The van der Waals surface area contributed by atoms with Gasteiger partial charge >= 0.3 is 0 Å². The number of para-hydroxylation sites is 1. The Labute approximate surface area is 128 Å². The van der Waals surface area contributed by atoms with E-state index in [1.165, 1.54) is 0 Å². The van der Waals surface area contributed by atoms with E-state index >= 15 is 0 Å². The van der Waals surface area contributed by atoms with Gasteiger partial charge < -0.3 is 5.32 Å². The van der Waals surface area contributed by atoms with E-state index in [1.807, 2.05) is 24.3 Å². The van der Waals surface area contributed by atoms with Gasteiger partial charge in [-0.15, -0.1) is 0 Å². The van der Waals surface area contributed by atoms with Crippen LogP contribution in [0.5, 0.6) is 0 Å². The average molecular weight is 307 g/mol. The number of hydrogen-bond acceptors (Lipinski definition) is 2. The highest BCUT2D eigenvalue weighted by Crippen LogP contribution is 2.27. The van der Waals surface area contributed by atoms with Crippen molar-refractivity contribution in [3.05, 3.63) is 58.6 Å². The van der Waals surface area contributed by atoms with E-state index in [1.54, 1.807) is 0 Å². The number of pyridine rings is 1. The summed E-state index contributed by atoms with van der Waals surface area (Å²) < 4.78 is 13.2. The highest BCUT2D eigenvalue weighted by molar-refractivity contribution is 6.33. The lowest BCUT2D eigenvalue weighted by Crippen LogP contribution is -2.15. The quantitative estimate of drug-likeness (QED) is 0.836. The molecule has 1 aromatic carbocycles. The fraction of sp³-hybridized carbons (Fsp3) is 0.250. The van der Waals surface area contributed by atoms with Crippen molar-refractivity contribution < 1.29 is 9.18 Å². The molecule has 0 aliphatic heterocycles. The number of carbonyl (C=O) groups is 1. The van der Waals surface area contributed by atoms with Crippen LogP contribution in [0.15, 0.2) is 36.5 Å². The monoisotopic (exact) mass is 306 g/mol. The number of rotatable bonds is 4. The third kappa shape index (κ3) is 3.58. The van der Waals surface area contributed by atoms with Gasteiger partial charge in [-0.3, -0.25) is 4.79 Å². The van der Waals surface area contributed by atoms with Gasteiger partial charge in [-0.25, -0.2) is 9.37 Å². The molecule has 1 unspecified atom stereocenters. The van der Waals surface area contributed by atoms with Crippen molar-refractivity contribution in [2.75, 3.05) is 5.32 Å². The van der Waals surface area contributed by atoms with Crippen molar-refractivity contribution >= 4 is 23.2 Å². The molecule has 0 spiro atoms. The van der Waals surface area contributed by atoms with E-state index in [4.69, 9.17) is 11.6 Å². The highest BCUT2D eigenvalue weighted by Gasteiger charge is 2.16. The number of hydrogen-bond donors (Lipinski definition) is 1. The molecule has 1 aromatic heterocycles. The molecule has 110 valence electrons. The molecule has 1 N–H and O–H groups in total. The fourth-order valence-electron chi connectivity index (χ4n) is 2.03. The zero-order valence-corrected chi connectivity index (χ0v) is 12.6. The zero-order chi connectivity index (χ0) is 15.4. The van der Waals surface area contributed by atoms with Crippen LogP contribution in [0.4, 0.5) is 10.1 Å². The molecule has 0 saturated heterocycles. The summed E-state index contributed by atoms with van der Waals surface area (Å²) in [6.45, 7) is 4.17. The molecule has 3 nitrogen and oxygen atoms in total. The van der Waals surface area contributed by atoms with Gasteiger partial charge in [-0.1, -0.05) is 43.6 Å². The standard InChI is InChI=1S/C16H16ClFN2O/c1-3-10(2)12-6-4-5-7-14(12)20-16(21)13-8-11(18)9-19-15(13)17/h4-10H,3H2,1-2H3,(H,20,21). The minimum absolute atomic E-state index is 0.0186. The summed E-state index contributed by atoms with van der Waals surface area (Å²) in [7, 11) is 0. The first kappa shape index (κ1) is 15.4. The summed E-state index contributed by atoms with van der Waals surface area (Å²) in [5.74, 6) is -0.759. The van der Waals surface area contributed by atoms with Crippen LogP contribution in [0, 0.1) is 5.82 Å². The number of aromatic nitrogens is 1. The van der Waals surface area contributed by atoms with Gasteiger partial charge in [0, 0.05) is 5.69 Å². The first-order valence-electron chi connectivity index (χ1n) is 6.74. The number of nitrogens with zero attached hydrogens (tertiary/aromatic N) is 1. The van der Waals surface area contributed by atoms with Crippen LogP contribution < -0.4 is 5.32 Å². The third-order valence-corrected chi connectivity index (χ3v) is 3.70. The maximum absolute atomic E-state index is 13.2. The SMILES string of the molecule is CCC(C)c1ccccc1NC(=O)c1cc(F)cnc1Cl. The summed E-state index contributed by atoms with van der Waals surface area (Å²) in [5.41, 5.74) is 1.77. The Bertz CT molecular complexity index is 660. The normalized spacial score (nSPS) is 12.0. The first-order valence-corrected chi connectivity index (χ1v) is 7.12. The summed E-state index contributed by atoms with van der Waals surface area (Å²) in [6, 6.07) is 8.63. The Kier molecular flexibility index (Phi) is 4.91. The van der Waals surface area contributed by atoms with E-state index in [-0.39, 0.29) is 10.7 Å². The van der Waals surface area contributed by atoms with Crippen molar-refractivity contribution in [2.24, 2.45) is 0 Å². The molecular formula is C16H16ClFN2O. The minimum atomic E-state index is -0.597. The van der Waals surface area contributed by atoms with Crippen molar-refractivity contribution in [3.63, 3.8) is 0 Å². The molecule has 5 heteroatoms. The van der Waals surface area contributed by atoms with Crippen LogP contribution in [0.25, 0.3) is 0 Å². The lowest BCUT2D eigenvalue weighted by atomic mass is 9.97. The van der Waals surface area contributed by atoms with Gasteiger partial charge in [0.2, 0.25) is 0 Å². The molecule has 0 aliphatic carbocycles. The highest BCUT2D eigenvalue weighted by atomic mass is 35.5. The Hall–Kier alpha value is -1.94. The van der Waals surface area contributed by atoms with Crippen LogP contribution in [0.1, 0.15) is 42.1 Å². The minimum Gasteiger partial charge on any atom is -0.322 e. The topological polar surface area (TPSA) is 42.0 Å². The number of anilines is 1. The number of carbonyl (C=O) groups excluding carboxylic acids is 1. The van der Waals surface area contributed by atoms with Crippen LogP contribution in [-0.2, 0) is 0 Å². The van der Waals surface area contributed by atoms with Crippen molar-refractivity contribution in [2.45, 2.75) is 26.2 Å². The molecular weight excluding hydrogens is 291 g/mol. The van der Waals surface area contributed by atoms with Crippen LogP contribution in [-0.4, -0.2) is 10.9 Å². The van der Waals surface area contributed by atoms with Crippen molar-refractivity contribution in [3.8, 4) is 0 Å². The predicted octanol–water partition coefficient (Wildman–Crippen LogP) is 4.64. The Morgan fingerprint density at radius 1 is 1.43 bits per heavy atom. The number of nitrogens with one attached hydrogen (secondary N) is 1. The number of amides is 1. The smallest absolute Gasteiger partial charge is 0.258 e. The van der Waals surface area contributed by atoms with Crippen LogP contribution >= 0.6 is 11.6 Å². The summed E-state index contributed by atoms with van der Waals surface area (Å²) in [4.78, 5) is 15.9. The third-order valence-electron chi connectivity index (χ3n) is 3.40. The van der Waals surface area contributed by atoms with Gasteiger partial charge in [0.05, 0.1) is 11.8 Å². The van der Waals surface area contributed by atoms with E-state index in [9.17, 15) is 9.18 Å². The molecule has 1 atom stereocenters. The Balaban J connectivity index is 2.30. The summed E-state index contributed by atoms with van der Waals surface area (Å²) in [6.07, 6.45) is 1.93. The van der Waals surface area contributed by atoms with Gasteiger partial charge in [0.25, 0.3) is 5.91 Å². The predicted molar refractivity (Wildman–Crippen MR) is 82.3 cm³/mol. The number of halogens is 2. The summed E-state index contributed by atoms with van der Waals surface area (Å²) >= 11 is 5.85. The molecule has 0 radical (unpaired) electrons. The zero-order valence-electron chi connectivity index (χ0n) is 11.9. The van der Waals surface area contributed by atoms with E-state index in [0.717, 1.165) is 24.2 Å². The molecule has 1 amide bonds. The molecule has 2 aromatic rings. The van der Waals surface area contributed by atoms with Gasteiger partial charge in [0.1, 0.15) is 11.0 Å². The van der Waals surface area contributed by atoms with Gasteiger partial charge in [0.15, 0.2) is 0 Å². The second kappa shape index (κ2) is 6.68. The largest absolute Gasteiger partial charge is 0.322 e. The summed E-state index contributed by atoms with van der Waals surface area (Å²) in [5, 5.41) is 2.76. The van der Waals surface area contributed by atoms with Gasteiger partial charge in [-0.05, 0) is 30.0 Å². The van der Waals surface area contributed by atoms with Crippen LogP contribution in [0.3, 0.4) is 0 Å². The molecule has 21 heavy (non-hydrogen) atoms. The number of benzene rings is 1. The maximum atomic E-state index is 13.2. The van der Waals surface area contributed by atoms with E-state index in [2.05, 4.69) is 24.1 Å². The van der Waals surface area contributed by atoms with E-state index in [0.29, 0.717) is 11.6 Å². The molecule has 1 heterocycles. The lowest BCUT2D eigenvalue weighted by Gasteiger charge is -2.15. The first-order chi connectivity index (χ1) is 10.0. The van der Waals surface area contributed by atoms with Crippen molar-refractivity contribution in [1.29, 1.82) is 0 Å².